The number of nitrogens with zero attached hydrogens (tertiary/aromatic N) is 2. The van der Waals surface area contributed by atoms with Crippen LogP contribution in [0.15, 0.2) is 27.6 Å². The molecule has 1 aliphatic carbocycles. The molecule has 0 aromatic heterocycles. The summed E-state index contributed by atoms with van der Waals surface area (Å²) >= 11 is 3.15. The summed E-state index contributed by atoms with van der Waals surface area (Å²) in [7, 11) is -2.36. The number of hydrogen-bond donors (Lipinski definition) is 0. The van der Waals surface area contributed by atoms with Gasteiger partial charge in [-0.1, -0.05) is 22.4 Å². The van der Waals surface area contributed by atoms with Gasteiger partial charge >= 0.3 is 0 Å². The Kier molecular flexibility index (Phi) is 3.93. The highest BCUT2D eigenvalue weighted by molar-refractivity contribution is 9.10. The molecular weight excluding hydrogens is 336 g/mol. The van der Waals surface area contributed by atoms with E-state index in [2.05, 4.69) is 15.9 Å². The van der Waals surface area contributed by atoms with Gasteiger partial charge in [0.25, 0.3) is 5.69 Å². The lowest BCUT2D eigenvalue weighted by molar-refractivity contribution is -0.387. The number of rotatable bonds is 4. The van der Waals surface area contributed by atoms with Gasteiger partial charge in [0.1, 0.15) is 0 Å². The number of hydrogen-bond acceptors (Lipinski definition) is 4. The van der Waals surface area contributed by atoms with Crippen LogP contribution in [-0.4, -0.2) is 30.7 Å². The van der Waals surface area contributed by atoms with Crippen LogP contribution in [0, 0.1) is 10.1 Å². The van der Waals surface area contributed by atoms with Gasteiger partial charge in [0.05, 0.1) is 4.92 Å². The zero-order valence-electron chi connectivity index (χ0n) is 10.2. The minimum Gasteiger partial charge on any atom is -0.258 e. The Morgan fingerprint density at radius 3 is 2.53 bits per heavy atom. The van der Waals surface area contributed by atoms with Gasteiger partial charge in [-0.25, -0.2) is 8.42 Å². The normalized spacial score (nSPS) is 16.4. The molecule has 0 N–H and O–H groups in total. The number of halogens is 1. The average molecular weight is 349 g/mol. The molecular formula is C11H13BrN2O4S. The Bertz CT molecular complexity index is 613. The summed E-state index contributed by atoms with van der Waals surface area (Å²) in [6, 6.07) is 3.89. The number of nitro groups is 1. The Morgan fingerprint density at radius 2 is 2.05 bits per heavy atom. The van der Waals surface area contributed by atoms with E-state index in [1.807, 2.05) is 0 Å². The molecule has 0 atom stereocenters. The lowest BCUT2D eigenvalue weighted by Gasteiger charge is -2.33. The SMILES string of the molecule is CN(C1CCC1)S(=O)(=O)c1cc(Br)ccc1[N+](=O)[O-]. The van der Waals surface area contributed by atoms with Crippen LogP contribution in [0.25, 0.3) is 0 Å². The molecule has 1 saturated carbocycles. The number of benzene rings is 1. The first-order valence-corrected chi connectivity index (χ1v) is 7.99. The standard InChI is InChI=1S/C11H13BrN2O4S/c1-13(9-3-2-4-9)19(17,18)11-7-8(12)5-6-10(11)14(15)16/h5-7,9H,2-4H2,1H3. The van der Waals surface area contributed by atoms with Crippen molar-refractivity contribution in [3.05, 3.63) is 32.8 Å². The maximum Gasteiger partial charge on any atom is 0.289 e. The van der Waals surface area contributed by atoms with Gasteiger partial charge in [-0.15, -0.1) is 0 Å². The second kappa shape index (κ2) is 5.18. The highest BCUT2D eigenvalue weighted by Crippen LogP contribution is 2.33. The molecule has 6 nitrogen and oxygen atoms in total. The third kappa shape index (κ3) is 2.65. The van der Waals surface area contributed by atoms with Gasteiger partial charge in [0.15, 0.2) is 4.90 Å². The van der Waals surface area contributed by atoms with E-state index in [1.54, 1.807) is 0 Å². The molecule has 104 valence electrons. The second-order valence-corrected chi connectivity index (χ2v) is 7.36. The summed E-state index contributed by atoms with van der Waals surface area (Å²) in [6.07, 6.45) is 2.60. The summed E-state index contributed by atoms with van der Waals surface area (Å²) in [4.78, 5) is 10.0. The van der Waals surface area contributed by atoms with Crippen molar-refractivity contribution in [3.63, 3.8) is 0 Å². The Labute approximate surface area is 119 Å². The fraction of sp³-hybridized carbons (Fsp3) is 0.455. The third-order valence-electron chi connectivity index (χ3n) is 3.36. The zero-order valence-corrected chi connectivity index (χ0v) is 12.6. The van der Waals surface area contributed by atoms with Gasteiger partial charge in [-0.2, -0.15) is 4.31 Å². The summed E-state index contributed by atoms with van der Waals surface area (Å²) in [5.41, 5.74) is -0.394. The highest BCUT2D eigenvalue weighted by atomic mass is 79.9. The molecule has 0 bridgehead atoms. The van der Waals surface area contributed by atoms with Crippen LogP contribution < -0.4 is 0 Å². The smallest absolute Gasteiger partial charge is 0.258 e. The van der Waals surface area contributed by atoms with Crippen molar-refractivity contribution in [2.75, 3.05) is 7.05 Å². The van der Waals surface area contributed by atoms with Crippen molar-refractivity contribution >= 4 is 31.6 Å². The van der Waals surface area contributed by atoms with Crippen LogP contribution in [-0.2, 0) is 10.0 Å². The minimum atomic E-state index is -3.84. The van der Waals surface area contributed by atoms with E-state index in [4.69, 9.17) is 0 Å². The molecule has 0 unspecified atom stereocenters. The molecule has 0 aliphatic heterocycles. The highest BCUT2D eigenvalue weighted by Gasteiger charge is 2.35. The second-order valence-electron chi connectivity index (χ2n) is 4.48. The number of sulfonamides is 1. The predicted octanol–water partition coefficient (Wildman–Crippen LogP) is 2.53. The van der Waals surface area contributed by atoms with Gasteiger partial charge in [-0.3, -0.25) is 10.1 Å². The third-order valence-corrected chi connectivity index (χ3v) is 5.80. The average Bonchev–Trinajstić information content (AvgIpc) is 2.26. The maximum atomic E-state index is 12.4. The van der Waals surface area contributed by atoms with E-state index in [0.29, 0.717) is 4.47 Å². The maximum absolute atomic E-state index is 12.4. The van der Waals surface area contributed by atoms with Crippen molar-refractivity contribution in [1.82, 2.24) is 4.31 Å². The van der Waals surface area contributed by atoms with Crippen LogP contribution in [0.4, 0.5) is 5.69 Å². The first-order valence-electron chi connectivity index (χ1n) is 5.76. The molecule has 0 spiro atoms. The molecule has 19 heavy (non-hydrogen) atoms. The van der Waals surface area contributed by atoms with E-state index in [1.165, 1.54) is 29.6 Å². The number of nitro benzene ring substituents is 1. The van der Waals surface area contributed by atoms with E-state index in [9.17, 15) is 18.5 Å². The largest absolute Gasteiger partial charge is 0.289 e. The zero-order chi connectivity index (χ0) is 14.2. The monoisotopic (exact) mass is 348 g/mol. The quantitative estimate of drug-likeness (QED) is 0.618. The first kappa shape index (κ1) is 14.4. The Morgan fingerprint density at radius 1 is 1.42 bits per heavy atom. The molecule has 1 aliphatic rings. The lowest BCUT2D eigenvalue weighted by Crippen LogP contribution is -2.41. The van der Waals surface area contributed by atoms with Crippen LogP contribution in [0.1, 0.15) is 19.3 Å². The summed E-state index contributed by atoms with van der Waals surface area (Å²) < 4.78 is 26.6. The van der Waals surface area contributed by atoms with Gasteiger partial charge in [0.2, 0.25) is 10.0 Å². The van der Waals surface area contributed by atoms with Crippen LogP contribution >= 0.6 is 15.9 Å². The predicted molar refractivity (Wildman–Crippen MR) is 73.4 cm³/mol. The summed E-state index contributed by atoms with van der Waals surface area (Å²) in [5.74, 6) is 0. The van der Waals surface area contributed by atoms with E-state index >= 15 is 0 Å². The summed E-state index contributed by atoms with van der Waals surface area (Å²) in [6.45, 7) is 0. The van der Waals surface area contributed by atoms with Gasteiger partial charge in [0, 0.05) is 23.6 Å². The molecule has 1 aromatic rings. The van der Waals surface area contributed by atoms with E-state index in [-0.39, 0.29) is 10.9 Å². The first-order chi connectivity index (χ1) is 8.84. The molecule has 1 fully saturated rings. The molecule has 0 saturated heterocycles. The van der Waals surface area contributed by atoms with E-state index in [0.717, 1.165) is 19.3 Å². The van der Waals surface area contributed by atoms with Crippen LogP contribution in [0.2, 0.25) is 0 Å². The van der Waals surface area contributed by atoms with E-state index < -0.39 is 20.6 Å². The molecule has 0 heterocycles. The Hall–Kier alpha value is -0.990. The topological polar surface area (TPSA) is 80.5 Å². The van der Waals surface area contributed by atoms with Crippen molar-refractivity contribution < 1.29 is 13.3 Å². The molecule has 0 radical (unpaired) electrons. The lowest BCUT2D eigenvalue weighted by atomic mass is 9.94. The minimum absolute atomic E-state index is 0.0522. The summed E-state index contributed by atoms with van der Waals surface area (Å²) in [5, 5.41) is 11.0. The van der Waals surface area contributed by atoms with Gasteiger partial charge < -0.3 is 0 Å². The van der Waals surface area contributed by atoms with Crippen molar-refractivity contribution in [1.29, 1.82) is 0 Å². The van der Waals surface area contributed by atoms with Crippen LogP contribution in [0.5, 0.6) is 0 Å². The molecule has 2 rings (SSSR count). The fourth-order valence-electron chi connectivity index (χ4n) is 1.95. The molecule has 8 heteroatoms. The van der Waals surface area contributed by atoms with Crippen molar-refractivity contribution in [2.45, 2.75) is 30.2 Å². The van der Waals surface area contributed by atoms with Crippen molar-refractivity contribution in [2.24, 2.45) is 0 Å². The molecule has 1 aromatic carbocycles. The fourth-order valence-corrected chi connectivity index (χ4v) is 4.06. The Balaban J connectivity index is 2.49. The van der Waals surface area contributed by atoms with Crippen molar-refractivity contribution in [3.8, 4) is 0 Å². The molecule has 0 amide bonds. The van der Waals surface area contributed by atoms with Gasteiger partial charge in [-0.05, 0) is 25.0 Å². The van der Waals surface area contributed by atoms with Crippen LogP contribution in [0.3, 0.4) is 0 Å².